The minimum absolute atomic E-state index is 0. The summed E-state index contributed by atoms with van der Waals surface area (Å²) in [5.41, 5.74) is 0. The lowest BCUT2D eigenvalue weighted by Crippen LogP contribution is -2.50. The van der Waals surface area contributed by atoms with E-state index in [4.69, 9.17) is 0 Å². The number of hydrogen-bond acceptors (Lipinski definition) is 2. The molecule has 4 nitrogen and oxygen atoms in total. The first-order valence-electron chi connectivity index (χ1n) is 9.90. The minimum Gasteiger partial charge on any atom is -0.878 e. The maximum atomic E-state index is 9.46. The lowest BCUT2D eigenvalue weighted by Gasteiger charge is -2.39. The number of hydrogen-bond donors (Lipinski definition) is 0. The van der Waals surface area contributed by atoms with Crippen LogP contribution in [0.5, 0.6) is 0 Å². The van der Waals surface area contributed by atoms with Crippen molar-refractivity contribution >= 4 is 6.29 Å². The largest absolute Gasteiger partial charge is 0.878 e. The number of unbranched alkanes of at least 4 members (excludes halogenated alkanes) is 4. The van der Waals surface area contributed by atoms with Crippen LogP contribution in [0.2, 0.25) is 0 Å². The molecular weight excluding hydrogens is 314 g/mol. The highest BCUT2D eigenvalue weighted by molar-refractivity contribution is 5.65. The van der Waals surface area contributed by atoms with Gasteiger partial charge in [-0.05, 0) is 31.8 Å². The van der Waals surface area contributed by atoms with Crippen LogP contribution in [-0.4, -0.2) is 42.4 Å². The van der Waals surface area contributed by atoms with Crippen molar-refractivity contribution < 1.29 is 19.9 Å². The molecule has 0 spiro atoms. The molecule has 0 bridgehead atoms. The van der Waals surface area contributed by atoms with Gasteiger partial charge >= 0.3 is 0 Å². The number of nitrogens with zero attached hydrogens (tertiary/aromatic N) is 1. The van der Waals surface area contributed by atoms with Gasteiger partial charge in [0, 0.05) is 0 Å². The molecule has 25 heavy (non-hydrogen) atoms. The van der Waals surface area contributed by atoms with E-state index < -0.39 is 0 Å². The topological polar surface area (TPSA) is 71.6 Å². The molecular formula is C21H43NO3. The standard InChI is InChI=1S/C16H36N.C5H6O2.H2O/c1-5-9-13-17(14-10-6-2,15-11-7-3)16-12-8-4;6-4-2-1-3-5-7;/h5-16H2,1-4H3;1-6H;1H2/q+1;;/p-1. The van der Waals surface area contributed by atoms with Crippen LogP contribution in [0, 0.1) is 0 Å². The van der Waals surface area contributed by atoms with Crippen molar-refractivity contribution in [3.63, 3.8) is 0 Å². The molecule has 2 N–H and O–H groups in total. The second kappa shape index (κ2) is 22.9. The first-order valence-corrected chi connectivity index (χ1v) is 9.90. The van der Waals surface area contributed by atoms with E-state index in [9.17, 15) is 9.90 Å². The molecule has 0 aliphatic rings. The molecule has 0 radical (unpaired) electrons. The number of allylic oxidation sites excluding steroid dienone is 3. The number of rotatable bonds is 14. The molecule has 0 heterocycles. The summed E-state index contributed by atoms with van der Waals surface area (Å²) in [6.45, 7) is 15.0. The molecule has 0 fully saturated rings. The number of carbonyl (C=O) groups is 1. The normalized spacial score (nSPS) is 11.2. The average molecular weight is 358 g/mol. The Balaban J connectivity index is -0.000000513. The highest BCUT2D eigenvalue weighted by Gasteiger charge is 2.24. The van der Waals surface area contributed by atoms with Crippen molar-refractivity contribution in [1.29, 1.82) is 0 Å². The van der Waals surface area contributed by atoms with Gasteiger partial charge in [0.1, 0.15) is 6.29 Å². The monoisotopic (exact) mass is 357 g/mol. The number of quaternary nitrogens is 1. The van der Waals surface area contributed by atoms with Gasteiger partial charge in [0.15, 0.2) is 0 Å². The molecule has 0 saturated heterocycles. The first-order chi connectivity index (χ1) is 11.7. The van der Waals surface area contributed by atoms with Crippen LogP contribution >= 0.6 is 0 Å². The van der Waals surface area contributed by atoms with Crippen LogP contribution in [0.3, 0.4) is 0 Å². The van der Waals surface area contributed by atoms with Crippen LogP contribution in [-0.2, 0) is 4.79 Å². The quantitative estimate of drug-likeness (QED) is 0.156. The predicted octanol–water partition coefficient (Wildman–Crippen LogP) is 3.79. The molecule has 4 heteroatoms. The van der Waals surface area contributed by atoms with Crippen molar-refractivity contribution in [2.24, 2.45) is 0 Å². The van der Waals surface area contributed by atoms with E-state index in [0.717, 1.165) is 0 Å². The third-order valence-electron chi connectivity index (χ3n) is 4.32. The van der Waals surface area contributed by atoms with E-state index in [1.165, 1.54) is 100 Å². The van der Waals surface area contributed by atoms with E-state index in [1.807, 2.05) is 0 Å². The Kier molecular flexibility index (Phi) is 26.2. The summed E-state index contributed by atoms with van der Waals surface area (Å²) in [4.78, 5) is 9.46. The molecule has 0 atom stereocenters. The summed E-state index contributed by atoms with van der Waals surface area (Å²) in [6, 6.07) is 0. The fourth-order valence-electron chi connectivity index (χ4n) is 2.80. The zero-order valence-electron chi connectivity index (χ0n) is 17.1. The minimum atomic E-state index is 0. The highest BCUT2D eigenvalue weighted by Crippen LogP contribution is 2.16. The maximum absolute atomic E-state index is 9.46. The third-order valence-corrected chi connectivity index (χ3v) is 4.32. The second-order valence-electron chi connectivity index (χ2n) is 6.50. The van der Waals surface area contributed by atoms with Crippen LogP contribution in [0.15, 0.2) is 24.5 Å². The Morgan fingerprint density at radius 3 is 1.28 bits per heavy atom. The Labute approximate surface area is 156 Å². The SMILES string of the molecule is CCCC[N+](CCCC)(CCCC)CCCC.O.O=CC=CC=C[O-]. The molecule has 0 aromatic heterocycles. The molecule has 0 rings (SSSR count). The summed E-state index contributed by atoms with van der Waals surface area (Å²) in [7, 11) is 0. The molecule has 150 valence electrons. The summed E-state index contributed by atoms with van der Waals surface area (Å²) in [5, 5.41) is 9.46. The molecule has 0 aliphatic heterocycles. The molecule has 0 aliphatic carbocycles. The fraction of sp³-hybridized carbons (Fsp3) is 0.762. The van der Waals surface area contributed by atoms with E-state index in [-0.39, 0.29) is 5.48 Å². The number of aldehydes is 1. The van der Waals surface area contributed by atoms with E-state index in [1.54, 1.807) is 0 Å². The Bertz CT molecular complexity index is 277. The van der Waals surface area contributed by atoms with Gasteiger partial charge in [-0.1, -0.05) is 65.5 Å². The van der Waals surface area contributed by atoms with Crippen LogP contribution in [0.4, 0.5) is 0 Å². The highest BCUT2D eigenvalue weighted by atomic mass is 16.2. The lowest BCUT2D eigenvalue weighted by molar-refractivity contribution is -0.929. The van der Waals surface area contributed by atoms with Crippen molar-refractivity contribution in [2.45, 2.75) is 79.1 Å². The van der Waals surface area contributed by atoms with E-state index in [2.05, 4.69) is 27.7 Å². The zero-order valence-corrected chi connectivity index (χ0v) is 17.1. The molecule has 0 unspecified atom stereocenters. The van der Waals surface area contributed by atoms with Crippen molar-refractivity contribution in [1.82, 2.24) is 0 Å². The smallest absolute Gasteiger partial charge is 0.142 e. The van der Waals surface area contributed by atoms with Gasteiger partial charge in [0.05, 0.1) is 26.2 Å². The summed E-state index contributed by atoms with van der Waals surface area (Å²) >= 11 is 0. The van der Waals surface area contributed by atoms with E-state index >= 15 is 0 Å². The first kappa shape index (κ1) is 28.7. The zero-order chi connectivity index (χ0) is 18.5. The van der Waals surface area contributed by atoms with Crippen LogP contribution < -0.4 is 5.11 Å². The molecule has 0 saturated carbocycles. The van der Waals surface area contributed by atoms with Crippen molar-refractivity contribution in [3.8, 4) is 0 Å². The van der Waals surface area contributed by atoms with Gasteiger partial charge in [0.25, 0.3) is 0 Å². The average Bonchev–Trinajstić information content (AvgIpc) is 2.61. The van der Waals surface area contributed by atoms with Gasteiger partial charge in [-0.3, -0.25) is 4.79 Å². The molecule has 0 aromatic carbocycles. The summed E-state index contributed by atoms with van der Waals surface area (Å²) in [5.74, 6) is 0. The van der Waals surface area contributed by atoms with Crippen molar-refractivity contribution in [3.05, 3.63) is 24.5 Å². The Morgan fingerprint density at radius 1 is 0.680 bits per heavy atom. The molecule has 0 aromatic rings. The molecule has 0 amide bonds. The Hall–Kier alpha value is -1.13. The van der Waals surface area contributed by atoms with Gasteiger partial charge in [-0.15, -0.1) is 6.26 Å². The van der Waals surface area contributed by atoms with Gasteiger partial charge in [-0.2, -0.15) is 0 Å². The summed E-state index contributed by atoms with van der Waals surface area (Å²) in [6.07, 6.45) is 16.1. The van der Waals surface area contributed by atoms with Crippen LogP contribution in [0.1, 0.15) is 79.1 Å². The van der Waals surface area contributed by atoms with E-state index in [0.29, 0.717) is 12.5 Å². The second-order valence-corrected chi connectivity index (χ2v) is 6.50. The summed E-state index contributed by atoms with van der Waals surface area (Å²) < 4.78 is 1.42. The van der Waals surface area contributed by atoms with Gasteiger partial charge in [0.2, 0.25) is 0 Å². The number of carbonyl (C=O) groups excluding carboxylic acids is 1. The van der Waals surface area contributed by atoms with Crippen molar-refractivity contribution in [2.75, 3.05) is 26.2 Å². The fourth-order valence-corrected chi connectivity index (χ4v) is 2.80. The maximum Gasteiger partial charge on any atom is 0.142 e. The van der Waals surface area contributed by atoms with Crippen LogP contribution in [0.25, 0.3) is 0 Å². The predicted molar refractivity (Wildman–Crippen MR) is 107 cm³/mol. The van der Waals surface area contributed by atoms with Gasteiger partial charge < -0.3 is 15.1 Å². The Morgan fingerprint density at radius 2 is 1.04 bits per heavy atom. The lowest BCUT2D eigenvalue weighted by atomic mass is 10.1. The third kappa shape index (κ3) is 19.0. The van der Waals surface area contributed by atoms with Gasteiger partial charge in [-0.25, -0.2) is 0 Å².